The van der Waals surface area contributed by atoms with Crippen LogP contribution in [0, 0.1) is 0 Å². The van der Waals surface area contributed by atoms with Gasteiger partial charge in [0.1, 0.15) is 5.75 Å². The summed E-state index contributed by atoms with van der Waals surface area (Å²) in [4.78, 5) is 12.6. The molecule has 2 aromatic carbocycles. The first-order valence-electron chi connectivity index (χ1n) is 6.65. The topological polar surface area (TPSA) is 52.3 Å². The highest BCUT2D eigenvalue weighted by Gasteiger charge is 2.32. The van der Waals surface area contributed by atoms with Crippen LogP contribution in [0.1, 0.15) is 35.3 Å². The first-order chi connectivity index (χ1) is 9.49. The molecule has 1 aliphatic heterocycles. The molecule has 0 atom stereocenters. The largest absolute Gasteiger partial charge is 0.492 e. The molecule has 2 aromatic rings. The van der Waals surface area contributed by atoms with Gasteiger partial charge in [0, 0.05) is 27.8 Å². The Bertz CT molecular complexity index is 689. The van der Waals surface area contributed by atoms with Gasteiger partial charge in [-0.15, -0.1) is 0 Å². The van der Waals surface area contributed by atoms with Gasteiger partial charge in [-0.2, -0.15) is 0 Å². The van der Waals surface area contributed by atoms with Gasteiger partial charge in [0.15, 0.2) is 5.78 Å². The van der Waals surface area contributed by atoms with Crippen LogP contribution in [-0.4, -0.2) is 12.4 Å². The molecule has 3 heteroatoms. The van der Waals surface area contributed by atoms with E-state index < -0.39 is 0 Å². The molecule has 0 spiro atoms. The van der Waals surface area contributed by atoms with Crippen LogP contribution in [0.25, 0.3) is 0 Å². The number of hydrogen-bond donors (Lipinski definition) is 1. The zero-order valence-corrected chi connectivity index (χ0v) is 11.6. The van der Waals surface area contributed by atoms with E-state index in [1.807, 2.05) is 24.3 Å². The van der Waals surface area contributed by atoms with Crippen LogP contribution in [0.2, 0.25) is 0 Å². The summed E-state index contributed by atoms with van der Waals surface area (Å²) in [6.07, 6.45) is 0. The van der Waals surface area contributed by atoms with Crippen molar-refractivity contribution < 1.29 is 9.53 Å². The van der Waals surface area contributed by atoms with E-state index in [2.05, 4.69) is 13.8 Å². The average Bonchev–Trinajstić information content (AvgIpc) is 2.74. The van der Waals surface area contributed by atoms with Gasteiger partial charge in [-0.1, -0.05) is 26.0 Å². The summed E-state index contributed by atoms with van der Waals surface area (Å²) in [6.45, 7) is 4.88. The van der Waals surface area contributed by atoms with Crippen molar-refractivity contribution >= 4 is 11.5 Å². The van der Waals surface area contributed by atoms with Crippen molar-refractivity contribution in [3.8, 4) is 5.75 Å². The zero-order valence-electron chi connectivity index (χ0n) is 11.6. The summed E-state index contributed by atoms with van der Waals surface area (Å²) in [7, 11) is 0. The highest BCUT2D eigenvalue weighted by molar-refractivity contribution is 6.12. The quantitative estimate of drug-likeness (QED) is 0.671. The first kappa shape index (κ1) is 12.7. The standard InChI is InChI=1S/C17H17NO2/c1-17(2)10-20-15-8-7-11(9-13(15)17)16(19)12-5-3-4-6-14(12)18/h3-9H,10,18H2,1-2H3. The van der Waals surface area contributed by atoms with Crippen molar-refractivity contribution in [2.75, 3.05) is 12.3 Å². The average molecular weight is 267 g/mol. The Morgan fingerprint density at radius 3 is 2.70 bits per heavy atom. The predicted octanol–water partition coefficient (Wildman–Crippen LogP) is 3.17. The van der Waals surface area contributed by atoms with Gasteiger partial charge in [-0.3, -0.25) is 4.79 Å². The fourth-order valence-corrected chi connectivity index (χ4v) is 2.52. The van der Waals surface area contributed by atoms with Crippen molar-refractivity contribution in [1.82, 2.24) is 0 Å². The lowest BCUT2D eigenvalue weighted by atomic mass is 9.85. The van der Waals surface area contributed by atoms with Gasteiger partial charge in [-0.25, -0.2) is 0 Å². The van der Waals surface area contributed by atoms with Crippen LogP contribution in [0.15, 0.2) is 42.5 Å². The van der Waals surface area contributed by atoms with E-state index in [9.17, 15) is 4.79 Å². The lowest BCUT2D eigenvalue weighted by Gasteiger charge is -2.15. The molecule has 0 saturated carbocycles. The van der Waals surface area contributed by atoms with Crippen molar-refractivity contribution in [3.63, 3.8) is 0 Å². The van der Waals surface area contributed by atoms with Crippen molar-refractivity contribution in [1.29, 1.82) is 0 Å². The van der Waals surface area contributed by atoms with Crippen molar-refractivity contribution in [2.45, 2.75) is 19.3 Å². The molecule has 0 saturated heterocycles. The maximum Gasteiger partial charge on any atom is 0.195 e. The van der Waals surface area contributed by atoms with Crippen LogP contribution >= 0.6 is 0 Å². The second-order valence-corrected chi connectivity index (χ2v) is 5.80. The van der Waals surface area contributed by atoms with Gasteiger partial charge in [0.2, 0.25) is 0 Å². The molecular weight excluding hydrogens is 250 g/mol. The molecule has 3 rings (SSSR count). The van der Waals surface area contributed by atoms with E-state index >= 15 is 0 Å². The maximum absolute atomic E-state index is 12.6. The molecule has 2 N–H and O–H groups in total. The van der Waals surface area contributed by atoms with Crippen LogP contribution in [0.4, 0.5) is 5.69 Å². The number of anilines is 1. The third kappa shape index (κ3) is 1.95. The third-order valence-corrected chi connectivity index (χ3v) is 3.76. The van der Waals surface area contributed by atoms with Gasteiger partial charge in [-0.05, 0) is 30.3 Å². The monoisotopic (exact) mass is 267 g/mol. The first-order valence-corrected chi connectivity index (χ1v) is 6.65. The Kier molecular flexibility index (Phi) is 2.78. The van der Waals surface area contributed by atoms with E-state index in [0.717, 1.165) is 11.3 Å². The second kappa shape index (κ2) is 4.37. The number of hydrogen-bond acceptors (Lipinski definition) is 3. The van der Waals surface area contributed by atoms with Crippen molar-refractivity contribution in [3.05, 3.63) is 59.2 Å². The summed E-state index contributed by atoms with van der Waals surface area (Å²) >= 11 is 0. The number of carbonyl (C=O) groups excluding carboxylic acids is 1. The molecule has 102 valence electrons. The number of nitrogen functional groups attached to an aromatic ring is 1. The smallest absolute Gasteiger partial charge is 0.195 e. The molecular formula is C17H17NO2. The number of ketones is 1. The lowest BCUT2D eigenvalue weighted by Crippen LogP contribution is -2.18. The van der Waals surface area contributed by atoms with Gasteiger partial charge >= 0.3 is 0 Å². The Morgan fingerprint density at radius 2 is 1.95 bits per heavy atom. The molecule has 0 fully saturated rings. The summed E-state index contributed by atoms with van der Waals surface area (Å²) in [6, 6.07) is 12.7. The number of rotatable bonds is 2. The molecule has 0 amide bonds. The van der Waals surface area contributed by atoms with Crippen LogP contribution in [0.3, 0.4) is 0 Å². The number of nitrogens with two attached hydrogens (primary N) is 1. The fourth-order valence-electron chi connectivity index (χ4n) is 2.52. The Balaban J connectivity index is 2.05. The second-order valence-electron chi connectivity index (χ2n) is 5.80. The molecule has 1 heterocycles. The minimum atomic E-state index is -0.0617. The Labute approximate surface area is 118 Å². The predicted molar refractivity (Wildman–Crippen MR) is 79.2 cm³/mol. The van der Waals surface area contributed by atoms with Gasteiger partial charge in [0.25, 0.3) is 0 Å². The third-order valence-electron chi connectivity index (χ3n) is 3.76. The molecule has 0 radical (unpaired) electrons. The normalized spacial score (nSPS) is 15.5. The van der Waals surface area contributed by atoms with E-state index in [1.165, 1.54) is 0 Å². The molecule has 0 aromatic heterocycles. The minimum Gasteiger partial charge on any atom is -0.492 e. The molecule has 3 nitrogen and oxygen atoms in total. The van der Waals surface area contributed by atoms with Crippen molar-refractivity contribution in [2.24, 2.45) is 0 Å². The maximum atomic E-state index is 12.6. The molecule has 1 aliphatic rings. The molecule has 20 heavy (non-hydrogen) atoms. The summed E-state index contributed by atoms with van der Waals surface area (Å²) in [5.41, 5.74) is 8.61. The Morgan fingerprint density at radius 1 is 1.20 bits per heavy atom. The van der Waals surface area contributed by atoms with E-state index in [0.29, 0.717) is 23.4 Å². The van der Waals surface area contributed by atoms with Gasteiger partial charge in [0.05, 0.1) is 6.61 Å². The lowest BCUT2D eigenvalue weighted by molar-refractivity contribution is 0.103. The Hall–Kier alpha value is -2.29. The zero-order chi connectivity index (χ0) is 14.3. The van der Waals surface area contributed by atoms with Crippen LogP contribution < -0.4 is 10.5 Å². The highest BCUT2D eigenvalue weighted by Crippen LogP contribution is 2.39. The number of benzene rings is 2. The number of ether oxygens (including phenoxy) is 1. The van der Waals surface area contributed by atoms with Crippen LogP contribution in [-0.2, 0) is 5.41 Å². The van der Waals surface area contributed by atoms with E-state index in [4.69, 9.17) is 10.5 Å². The summed E-state index contributed by atoms with van der Waals surface area (Å²) in [5.74, 6) is 0.821. The molecule has 0 aliphatic carbocycles. The highest BCUT2D eigenvalue weighted by atomic mass is 16.5. The van der Waals surface area contributed by atoms with E-state index in [1.54, 1.807) is 18.2 Å². The number of para-hydroxylation sites is 1. The minimum absolute atomic E-state index is 0.0476. The van der Waals surface area contributed by atoms with E-state index in [-0.39, 0.29) is 11.2 Å². The van der Waals surface area contributed by atoms with Gasteiger partial charge < -0.3 is 10.5 Å². The summed E-state index contributed by atoms with van der Waals surface area (Å²) < 4.78 is 5.64. The number of carbonyl (C=O) groups is 1. The van der Waals surface area contributed by atoms with Crippen LogP contribution in [0.5, 0.6) is 5.75 Å². The molecule has 0 unspecified atom stereocenters. The fraction of sp³-hybridized carbons (Fsp3) is 0.235. The number of fused-ring (bicyclic) bond motifs is 1. The molecule has 0 bridgehead atoms. The SMILES string of the molecule is CC1(C)COc2ccc(C(=O)c3ccccc3N)cc21. The summed E-state index contributed by atoms with van der Waals surface area (Å²) in [5, 5.41) is 0.